The molecule has 2 N–H and O–H groups in total. The summed E-state index contributed by atoms with van der Waals surface area (Å²) in [6.07, 6.45) is 0. The van der Waals surface area contributed by atoms with Gasteiger partial charge in [0.25, 0.3) is 5.91 Å². The number of fused-ring (bicyclic) bond motifs is 1. The summed E-state index contributed by atoms with van der Waals surface area (Å²) in [6.45, 7) is 5.33. The molecule has 5 nitrogen and oxygen atoms in total. The maximum atomic E-state index is 14.6. The van der Waals surface area contributed by atoms with Crippen LogP contribution in [0.5, 0.6) is 0 Å². The Kier molecular flexibility index (Phi) is 3.44. The van der Waals surface area contributed by atoms with Gasteiger partial charge in [-0.15, -0.1) is 0 Å². The summed E-state index contributed by atoms with van der Waals surface area (Å²) in [4.78, 5) is 15.1. The molecule has 0 unspecified atom stereocenters. The average molecular weight is 301 g/mol. The van der Waals surface area contributed by atoms with Crippen LogP contribution in [0.3, 0.4) is 0 Å². The first-order valence-corrected chi connectivity index (χ1v) is 6.97. The molecule has 2 heterocycles. The molecule has 0 saturated heterocycles. The molecule has 0 aliphatic rings. The van der Waals surface area contributed by atoms with E-state index in [9.17, 15) is 9.18 Å². The van der Waals surface area contributed by atoms with E-state index < -0.39 is 11.9 Å². The van der Waals surface area contributed by atoms with Gasteiger partial charge in [0.1, 0.15) is 5.82 Å². The summed E-state index contributed by atoms with van der Waals surface area (Å²) in [7, 11) is 0. The molecule has 1 atom stereocenters. The van der Waals surface area contributed by atoms with Gasteiger partial charge in [0, 0.05) is 28.2 Å². The van der Waals surface area contributed by atoms with Crippen LogP contribution < -0.4 is 5.32 Å². The predicted molar refractivity (Wildman–Crippen MR) is 80.1 cm³/mol. The van der Waals surface area contributed by atoms with Gasteiger partial charge < -0.3 is 14.8 Å². The SMILES string of the molecule is Cc1cc(C(=O)N[C@@H](C)c2ccc3[nH]c(C)cc3c2F)on1. The third kappa shape index (κ3) is 2.47. The number of hydrogen-bond acceptors (Lipinski definition) is 3. The Morgan fingerprint density at radius 3 is 2.82 bits per heavy atom. The Labute approximate surface area is 126 Å². The number of aryl methyl sites for hydroxylation is 2. The second-order valence-corrected chi connectivity index (χ2v) is 5.41. The topological polar surface area (TPSA) is 70.9 Å². The van der Waals surface area contributed by atoms with Crippen molar-refractivity contribution in [3.05, 3.63) is 52.8 Å². The molecular formula is C16H16FN3O2. The smallest absolute Gasteiger partial charge is 0.290 e. The van der Waals surface area contributed by atoms with Gasteiger partial charge >= 0.3 is 0 Å². The van der Waals surface area contributed by atoms with E-state index in [-0.39, 0.29) is 11.6 Å². The molecular weight excluding hydrogens is 285 g/mol. The maximum Gasteiger partial charge on any atom is 0.290 e. The molecule has 0 radical (unpaired) electrons. The monoisotopic (exact) mass is 301 g/mol. The maximum absolute atomic E-state index is 14.6. The van der Waals surface area contributed by atoms with Crippen LogP contribution >= 0.6 is 0 Å². The third-order valence-corrected chi connectivity index (χ3v) is 3.57. The minimum atomic E-state index is -0.488. The van der Waals surface area contributed by atoms with Crippen molar-refractivity contribution in [2.24, 2.45) is 0 Å². The molecule has 1 amide bonds. The van der Waals surface area contributed by atoms with Crippen LogP contribution in [0.4, 0.5) is 4.39 Å². The molecule has 0 bridgehead atoms. The standard InChI is InChI=1S/C16H16FN3O2/c1-8-6-12-13(18-8)5-4-11(15(12)17)10(3)19-16(21)14-7-9(2)20-22-14/h4-7,10,18H,1-3H3,(H,19,21)/t10-/m0/s1. The van der Waals surface area contributed by atoms with Gasteiger partial charge in [0.2, 0.25) is 5.76 Å². The molecule has 0 saturated carbocycles. The Hall–Kier alpha value is -2.63. The van der Waals surface area contributed by atoms with Gasteiger partial charge in [0.15, 0.2) is 0 Å². The molecule has 6 heteroatoms. The summed E-state index contributed by atoms with van der Waals surface area (Å²) in [6, 6.07) is 6.28. The van der Waals surface area contributed by atoms with E-state index in [0.29, 0.717) is 16.6 Å². The molecule has 114 valence electrons. The molecule has 0 aliphatic heterocycles. The van der Waals surface area contributed by atoms with E-state index >= 15 is 0 Å². The zero-order valence-electron chi connectivity index (χ0n) is 12.5. The Morgan fingerprint density at radius 1 is 1.36 bits per heavy atom. The lowest BCUT2D eigenvalue weighted by molar-refractivity contribution is 0.0902. The van der Waals surface area contributed by atoms with Crippen molar-refractivity contribution in [2.45, 2.75) is 26.8 Å². The Bertz CT molecular complexity index is 850. The molecule has 0 aliphatic carbocycles. The highest BCUT2D eigenvalue weighted by Gasteiger charge is 2.19. The van der Waals surface area contributed by atoms with Crippen molar-refractivity contribution >= 4 is 16.8 Å². The summed E-state index contributed by atoms with van der Waals surface area (Å²) < 4.78 is 19.5. The van der Waals surface area contributed by atoms with E-state index in [0.717, 1.165) is 11.2 Å². The van der Waals surface area contributed by atoms with Crippen molar-refractivity contribution < 1.29 is 13.7 Å². The van der Waals surface area contributed by atoms with Crippen LogP contribution in [0.2, 0.25) is 0 Å². The van der Waals surface area contributed by atoms with E-state index in [1.165, 1.54) is 6.07 Å². The lowest BCUT2D eigenvalue weighted by Gasteiger charge is -2.14. The van der Waals surface area contributed by atoms with Crippen LogP contribution in [0.15, 0.2) is 28.8 Å². The molecule has 22 heavy (non-hydrogen) atoms. The quantitative estimate of drug-likeness (QED) is 0.779. The second-order valence-electron chi connectivity index (χ2n) is 5.41. The number of H-pyrrole nitrogens is 1. The minimum Gasteiger partial charge on any atom is -0.359 e. The summed E-state index contributed by atoms with van der Waals surface area (Å²) in [5.74, 6) is -0.635. The number of amides is 1. The number of hydrogen-bond donors (Lipinski definition) is 2. The summed E-state index contributed by atoms with van der Waals surface area (Å²) in [5.41, 5.74) is 2.67. The predicted octanol–water partition coefficient (Wildman–Crippen LogP) is 3.40. The van der Waals surface area contributed by atoms with Crippen molar-refractivity contribution in [3.8, 4) is 0 Å². The van der Waals surface area contributed by atoms with E-state index in [1.54, 1.807) is 26.0 Å². The molecule has 0 fully saturated rings. The molecule has 3 rings (SSSR count). The minimum absolute atomic E-state index is 0.114. The number of aromatic nitrogens is 2. The first-order chi connectivity index (χ1) is 10.5. The fourth-order valence-corrected chi connectivity index (χ4v) is 2.48. The van der Waals surface area contributed by atoms with Gasteiger partial charge in [-0.05, 0) is 32.9 Å². The third-order valence-electron chi connectivity index (χ3n) is 3.57. The number of rotatable bonds is 3. The molecule has 1 aromatic carbocycles. The van der Waals surface area contributed by atoms with Crippen molar-refractivity contribution in [1.82, 2.24) is 15.5 Å². The summed E-state index contributed by atoms with van der Waals surface area (Å²) in [5, 5.41) is 6.90. The van der Waals surface area contributed by atoms with Crippen LogP contribution in [-0.4, -0.2) is 16.0 Å². The lowest BCUT2D eigenvalue weighted by Crippen LogP contribution is -2.26. The highest BCUT2D eigenvalue weighted by Crippen LogP contribution is 2.26. The fraction of sp³-hybridized carbons (Fsp3) is 0.250. The Morgan fingerprint density at radius 2 is 2.14 bits per heavy atom. The van der Waals surface area contributed by atoms with Crippen LogP contribution in [0.25, 0.3) is 10.9 Å². The number of carbonyl (C=O) groups excluding carboxylic acids is 1. The molecule has 3 aromatic rings. The zero-order valence-corrected chi connectivity index (χ0v) is 12.5. The van der Waals surface area contributed by atoms with E-state index in [1.807, 2.05) is 13.0 Å². The highest BCUT2D eigenvalue weighted by atomic mass is 19.1. The Balaban J connectivity index is 1.87. The normalized spacial score (nSPS) is 12.5. The number of nitrogens with one attached hydrogen (secondary N) is 2. The highest BCUT2D eigenvalue weighted by molar-refractivity contribution is 5.91. The lowest BCUT2D eigenvalue weighted by atomic mass is 10.0. The average Bonchev–Trinajstić information content (AvgIpc) is 3.04. The molecule has 0 spiro atoms. The fourth-order valence-electron chi connectivity index (χ4n) is 2.48. The first-order valence-electron chi connectivity index (χ1n) is 6.97. The van der Waals surface area contributed by atoms with Gasteiger partial charge in [-0.1, -0.05) is 11.2 Å². The van der Waals surface area contributed by atoms with Crippen molar-refractivity contribution in [2.75, 3.05) is 0 Å². The molecule has 2 aromatic heterocycles. The number of aromatic amines is 1. The summed E-state index contributed by atoms with van der Waals surface area (Å²) >= 11 is 0. The van der Waals surface area contributed by atoms with Crippen LogP contribution in [0.1, 0.15) is 40.5 Å². The zero-order chi connectivity index (χ0) is 15.9. The van der Waals surface area contributed by atoms with Crippen LogP contribution in [0, 0.1) is 19.7 Å². The number of benzene rings is 1. The largest absolute Gasteiger partial charge is 0.359 e. The van der Waals surface area contributed by atoms with Gasteiger partial charge in [-0.2, -0.15) is 0 Å². The second kappa shape index (κ2) is 5.29. The number of nitrogens with zero attached hydrogens (tertiary/aromatic N) is 1. The van der Waals surface area contributed by atoms with Gasteiger partial charge in [-0.25, -0.2) is 4.39 Å². The van der Waals surface area contributed by atoms with Crippen molar-refractivity contribution in [3.63, 3.8) is 0 Å². The first kappa shape index (κ1) is 14.3. The van der Waals surface area contributed by atoms with Gasteiger partial charge in [-0.3, -0.25) is 4.79 Å². The van der Waals surface area contributed by atoms with E-state index in [2.05, 4.69) is 15.5 Å². The number of carbonyl (C=O) groups is 1. The van der Waals surface area contributed by atoms with Gasteiger partial charge in [0.05, 0.1) is 11.7 Å². The number of halogens is 1. The van der Waals surface area contributed by atoms with Crippen molar-refractivity contribution in [1.29, 1.82) is 0 Å². The van der Waals surface area contributed by atoms with E-state index in [4.69, 9.17) is 4.52 Å². The van der Waals surface area contributed by atoms with Crippen LogP contribution in [-0.2, 0) is 0 Å².